The number of pyridine rings is 1. The number of aliphatic carboxylic acids is 1. The number of carboxylic acids is 1. The summed E-state index contributed by atoms with van der Waals surface area (Å²) in [6.45, 7) is 0.200. The van der Waals surface area contributed by atoms with Crippen LogP contribution in [0.4, 0.5) is 5.82 Å². The van der Waals surface area contributed by atoms with Gasteiger partial charge in [-0.2, -0.15) is 0 Å². The van der Waals surface area contributed by atoms with Crippen LogP contribution in [-0.4, -0.2) is 27.5 Å². The first-order valence-corrected chi connectivity index (χ1v) is 9.39. The van der Waals surface area contributed by atoms with Crippen molar-refractivity contribution < 1.29 is 19.4 Å². The Balaban J connectivity index is 1.67. The summed E-state index contributed by atoms with van der Waals surface area (Å²) < 4.78 is 6.04. The van der Waals surface area contributed by atoms with Gasteiger partial charge in [0, 0.05) is 17.1 Å². The van der Waals surface area contributed by atoms with Gasteiger partial charge in [-0.15, -0.1) is 0 Å². The maximum absolute atomic E-state index is 13.0. The van der Waals surface area contributed by atoms with Gasteiger partial charge in [0.15, 0.2) is 0 Å². The third kappa shape index (κ3) is 3.59. The number of aromatic nitrogens is 1. The lowest BCUT2D eigenvalue weighted by atomic mass is 9.76. The van der Waals surface area contributed by atoms with Crippen LogP contribution in [0.5, 0.6) is 5.75 Å². The summed E-state index contributed by atoms with van der Waals surface area (Å²) in [6.07, 6.45) is 3.25. The molecule has 2 aromatic carbocycles. The van der Waals surface area contributed by atoms with E-state index in [0.717, 1.165) is 22.8 Å². The molecule has 1 aliphatic carbocycles. The second kappa shape index (κ2) is 7.43. The van der Waals surface area contributed by atoms with Gasteiger partial charge in [0.05, 0.1) is 5.56 Å². The molecule has 1 saturated carbocycles. The number of carbonyl (C=O) groups excluding carboxylic acids is 1. The molecule has 3 aromatic rings. The molecule has 0 unspecified atom stereocenters. The SMILES string of the molecule is Nc1ccc(COc2c(C(=O)NC3(C(=O)O)CCC3)ccc3ccccc23)cn1. The van der Waals surface area contributed by atoms with Crippen molar-refractivity contribution in [2.45, 2.75) is 31.4 Å². The van der Waals surface area contributed by atoms with Crippen molar-refractivity contribution in [3.63, 3.8) is 0 Å². The fraction of sp³-hybridized carbons (Fsp3) is 0.227. The molecule has 7 heteroatoms. The number of nitrogens with zero attached hydrogens (tertiary/aromatic N) is 1. The van der Waals surface area contributed by atoms with E-state index in [1.54, 1.807) is 24.4 Å². The number of hydrogen-bond acceptors (Lipinski definition) is 5. The second-order valence-corrected chi connectivity index (χ2v) is 7.24. The minimum Gasteiger partial charge on any atom is -0.487 e. The highest BCUT2D eigenvalue weighted by molar-refractivity contribution is 6.05. The Bertz CT molecular complexity index is 1080. The van der Waals surface area contributed by atoms with E-state index in [4.69, 9.17) is 10.5 Å². The normalized spacial score (nSPS) is 14.8. The molecule has 1 aliphatic rings. The van der Waals surface area contributed by atoms with Crippen LogP contribution in [0.3, 0.4) is 0 Å². The van der Waals surface area contributed by atoms with Gasteiger partial charge in [0.2, 0.25) is 0 Å². The van der Waals surface area contributed by atoms with Gasteiger partial charge in [-0.3, -0.25) is 4.79 Å². The molecule has 0 aliphatic heterocycles. The Morgan fingerprint density at radius 1 is 1.14 bits per heavy atom. The molecule has 4 N–H and O–H groups in total. The minimum absolute atomic E-state index is 0.200. The first kappa shape index (κ1) is 18.7. The van der Waals surface area contributed by atoms with E-state index in [1.165, 1.54) is 0 Å². The molecule has 0 radical (unpaired) electrons. The van der Waals surface area contributed by atoms with Crippen molar-refractivity contribution >= 4 is 28.5 Å². The average Bonchev–Trinajstić information content (AvgIpc) is 2.69. The molecule has 0 bridgehead atoms. The lowest BCUT2D eigenvalue weighted by Crippen LogP contribution is -2.59. The summed E-state index contributed by atoms with van der Waals surface area (Å²) in [7, 11) is 0. The van der Waals surface area contributed by atoms with Crippen molar-refractivity contribution in [1.29, 1.82) is 0 Å². The van der Waals surface area contributed by atoms with Crippen LogP contribution in [0.1, 0.15) is 35.2 Å². The van der Waals surface area contributed by atoms with Gasteiger partial charge in [0.1, 0.15) is 23.7 Å². The molecule has 29 heavy (non-hydrogen) atoms. The van der Waals surface area contributed by atoms with E-state index in [-0.39, 0.29) is 6.61 Å². The molecule has 0 spiro atoms. The van der Waals surface area contributed by atoms with Gasteiger partial charge in [-0.1, -0.05) is 36.4 Å². The summed E-state index contributed by atoms with van der Waals surface area (Å²) in [5.74, 6) is -0.632. The van der Waals surface area contributed by atoms with E-state index in [2.05, 4.69) is 10.3 Å². The molecule has 148 valence electrons. The van der Waals surface area contributed by atoms with Crippen molar-refractivity contribution in [3.05, 3.63) is 65.9 Å². The number of rotatable bonds is 6. The highest BCUT2D eigenvalue weighted by Gasteiger charge is 2.46. The number of nitrogen functional groups attached to an aromatic ring is 1. The van der Waals surface area contributed by atoms with Gasteiger partial charge >= 0.3 is 5.97 Å². The van der Waals surface area contributed by atoms with Crippen molar-refractivity contribution in [1.82, 2.24) is 10.3 Å². The van der Waals surface area contributed by atoms with E-state index in [1.807, 2.05) is 30.3 Å². The van der Waals surface area contributed by atoms with Gasteiger partial charge in [0.25, 0.3) is 5.91 Å². The number of nitrogens with two attached hydrogens (primary N) is 1. The molecule has 0 saturated heterocycles. The smallest absolute Gasteiger partial charge is 0.329 e. The van der Waals surface area contributed by atoms with Gasteiger partial charge in [-0.25, -0.2) is 9.78 Å². The molecule has 1 heterocycles. The molecule has 4 rings (SSSR count). The van der Waals surface area contributed by atoms with E-state index >= 15 is 0 Å². The largest absolute Gasteiger partial charge is 0.487 e. The van der Waals surface area contributed by atoms with E-state index in [9.17, 15) is 14.7 Å². The Morgan fingerprint density at radius 2 is 1.93 bits per heavy atom. The Hall–Kier alpha value is -3.61. The van der Waals surface area contributed by atoms with Crippen LogP contribution >= 0.6 is 0 Å². The molecule has 1 aromatic heterocycles. The number of hydrogen-bond donors (Lipinski definition) is 3. The van der Waals surface area contributed by atoms with E-state index in [0.29, 0.717) is 30.0 Å². The first-order valence-electron chi connectivity index (χ1n) is 9.39. The molecule has 1 fully saturated rings. The number of fused-ring (bicyclic) bond motifs is 1. The maximum atomic E-state index is 13.0. The second-order valence-electron chi connectivity index (χ2n) is 7.24. The molecular formula is C22H21N3O4. The zero-order valence-electron chi connectivity index (χ0n) is 15.7. The number of benzene rings is 2. The standard InChI is InChI=1S/C22H21N3O4/c23-18-9-6-14(12-24-18)13-29-19-16-5-2-1-4-15(16)7-8-17(19)20(26)25-22(21(27)28)10-3-11-22/h1-2,4-9,12H,3,10-11,13H2,(H2,23,24)(H,25,26)(H,27,28). The Kier molecular flexibility index (Phi) is 4.80. The monoisotopic (exact) mass is 391 g/mol. The first-order chi connectivity index (χ1) is 14.0. The number of carbonyl (C=O) groups is 2. The van der Waals surface area contributed by atoms with Gasteiger partial charge in [-0.05, 0) is 36.8 Å². The van der Waals surface area contributed by atoms with E-state index < -0.39 is 17.4 Å². The van der Waals surface area contributed by atoms with Crippen LogP contribution < -0.4 is 15.8 Å². The van der Waals surface area contributed by atoms with Gasteiger partial charge < -0.3 is 20.9 Å². The van der Waals surface area contributed by atoms with Crippen molar-refractivity contribution in [2.24, 2.45) is 0 Å². The van der Waals surface area contributed by atoms with Crippen LogP contribution in [-0.2, 0) is 11.4 Å². The summed E-state index contributed by atoms with van der Waals surface area (Å²) in [6, 6.07) is 14.6. The number of nitrogens with one attached hydrogen (secondary N) is 1. The zero-order chi connectivity index (χ0) is 20.4. The number of anilines is 1. The predicted octanol–water partition coefficient (Wildman–Crippen LogP) is 3.13. The maximum Gasteiger partial charge on any atom is 0.329 e. The molecular weight excluding hydrogens is 370 g/mol. The number of carboxylic acid groups (broad SMARTS) is 1. The van der Waals surface area contributed by atoms with Crippen molar-refractivity contribution in [3.8, 4) is 5.75 Å². The highest BCUT2D eigenvalue weighted by Crippen LogP contribution is 2.35. The third-order valence-electron chi connectivity index (χ3n) is 5.32. The summed E-state index contributed by atoms with van der Waals surface area (Å²) in [5, 5.41) is 13.9. The Morgan fingerprint density at radius 3 is 2.59 bits per heavy atom. The fourth-order valence-corrected chi connectivity index (χ4v) is 3.46. The lowest BCUT2D eigenvalue weighted by molar-refractivity contribution is -0.148. The average molecular weight is 391 g/mol. The quantitative estimate of drug-likeness (QED) is 0.595. The minimum atomic E-state index is -1.19. The van der Waals surface area contributed by atoms with Crippen LogP contribution in [0.15, 0.2) is 54.7 Å². The molecule has 0 atom stereocenters. The van der Waals surface area contributed by atoms with Crippen molar-refractivity contribution in [2.75, 3.05) is 5.73 Å². The third-order valence-corrected chi connectivity index (χ3v) is 5.32. The highest BCUT2D eigenvalue weighted by atomic mass is 16.5. The summed E-state index contributed by atoms with van der Waals surface area (Å²) in [5.41, 5.74) is 5.54. The Labute approximate surface area is 167 Å². The lowest BCUT2D eigenvalue weighted by Gasteiger charge is -2.38. The molecule has 7 nitrogen and oxygen atoms in total. The number of amides is 1. The number of ether oxygens (including phenoxy) is 1. The fourth-order valence-electron chi connectivity index (χ4n) is 3.46. The van der Waals surface area contributed by atoms with Crippen LogP contribution in [0, 0.1) is 0 Å². The van der Waals surface area contributed by atoms with Crippen LogP contribution in [0.25, 0.3) is 10.8 Å². The topological polar surface area (TPSA) is 115 Å². The summed E-state index contributed by atoms with van der Waals surface area (Å²) >= 11 is 0. The zero-order valence-corrected chi connectivity index (χ0v) is 15.7. The van der Waals surface area contributed by atoms with Crippen LogP contribution in [0.2, 0.25) is 0 Å². The molecule has 1 amide bonds. The summed E-state index contributed by atoms with van der Waals surface area (Å²) in [4.78, 5) is 28.7. The predicted molar refractivity (Wildman–Crippen MR) is 109 cm³/mol.